The van der Waals surface area contributed by atoms with Gasteiger partial charge in [0.15, 0.2) is 0 Å². The average Bonchev–Trinajstić information content (AvgIpc) is 2.39. The second kappa shape index (κ2) is 5.99. The normalized spacial score (nSPS) is 10.2. The third kappa shape index (κ3) is 3.43. The van der Waals surface area contributed by atoms with Crippen molar-refractivity contribution in [2.45, 2.75) is 6.61 Å². The quantitative estimate of drug-likeness (QED) is 0.874. The fourth-order valence-corrected chi connectivity index (χ4v) is 1.87. The van der Waals surface area contributed by atoms with E-state index in [0.717, 1.165) is 0 Å². The van der Waals surface area contributed by atoms with Gasteiger partial charge in [0, 0.05) is 11.1 Å². The SMILES string of the molecule is NC(=S)c1ccc(F)c(COc2ccccc2Cl)c1. The molecule has 2 nitrogen and oxygen atoms in total. The Balaban J connectivity index is 2.17. The summed E-state index contributed by atoms with van der Waals surface area (Å²) in [7, 11) is 0. The van der Waals surface area contributed by atoms with Crippen molar-refractivity contribution < 1.29 is 9.13 Å². The molecule has 0 unspecified atom stereocenters. The highest BCUT2D eigenvalue weighted by atomic mass is 35.5. The molecule has 0 bridgehead atoms. The van der Waals surface area contributed by atoms with Crippen LogP contribution in [0, 0.1) is 5.82 Å². The summed E-state index contributed by atoms with van der Waals surface area (Å²) in [6.45, 7) is 0.0615. The van der Waals surface area contributed by atoms with E-state index in [1.54, 1.807) is 30.3 Å². The van der Waals surface area contributed by atoms with E-state index in [-0.39, 0.29) is 17.4 Å². The van der Waals surface area contributed by atoms with Crippen LogP contribution in [0.15, 0.2) is 42.5 Å². The highest BCUT2D eigenvalue weighted by Gasteiger charge is 2.07. The van der Waals surface area contributed by atoms with Crippen LogP contribution in [0.5, 0.6) is 5.75 Å². The molecule has 5 heteroatoms. The van der Waals surface area contributed by atoms with E-state index in [1.807, 2.05) is 0 Å². The van der Waals surface area contributed by atoms with Gasteiger partial charge in [0.05, 0.1) is 5.02 Å². The summed E-state index contributed by atoms with van der Waals surface area (Å²) in [6, 6.07) is 11.5. The van der Waals surface area contributed by atoms with Crippen molar-refractivity contribution >= 4 is 28.8 Å². The molecule has 0 atom stereocenters. The molecule has 0 aliphatic rings. The molecule has 0 saturated carbocycles. The van der Waals surface area contributed by atoms with Gasteiger partial charge < -0.3 is 10.5 Å². The molecule has 0 aromatic heterocycles. The van der Waals surface area contributed by atoms with E-state index in [4.69, 9.17) is 34.3 Å². The summed E-state index contributed by atoms with van der Waals surface area (Å²) in [6.07, 6.45) is 0. The van der Waals surface area contributed by atoms with Gasteiger partial charge in [0.1, 0.15) is 23.2 Å². The summed E-state index contributed by atoms with van der Waals surface area (Å²) in [4.78, 5) is 0.221. The number of hydrogen-bond donors (Lipinski definition) is 1. The minimum Gasteiger partial charge on any atom is -0.487 e. The number of rotatable bonds is 4. The lowest BCUT2D eigenvalue weighted by Crippen LogP contribution is -2.10. The van der Waals surface area contributed by atoms with E-state index in [0.29, 0.717) is 21.9 Å². The largest absolute Gasteiger partial charge is 0.487 e. The molecule has 0 fully saturated rings. The van der Waals surface area contributed by atoms with Gasteiger partial charge in [0.25, 0.3) is 0 Å². The Kier molecular flexibility index (Phi) is 4.35. The molecule has 98 valence electrons. The highest BCUT2D eigenvalue weighted by molar-refractivity contribution is 7.80. The van der Waals surface area contributed by atoms with Crippen molar-refractivity contribution in [1.29, 1.82) is 0 Å². The maximum atomic E-state index is 13.6. The number of ether oxygens (including phenoxy) is 1. The Morgan fingerprint density at radius 3 is 2.68 bits per heavy atom. The Labute approximate surface area is 120 Å². The van der Waals surface area contributed by atoms with Crippen LogP contribution in [-0.2, 0) is 6.61 Å². The maximum Gasteiger partial charge on any atom is 0.138 e. The first-order valence-electron chi connectivity index (χ1n) is 5.53. The second-order valence-electron chi connectivity index (χ2n) is 3.89. The minimum atomic E-state index is -0.368. The third-order valence-electron chi connectivity index (χ3n) is 2.55. The Bertz CT molecular complexity index is 618. The molecule has 0 spiro atoms. The number of thiocarbonyl (C=S) groups is 1. The zero-order valence-corrected chi connectivity index (χ0v) is 11.5. The predicted molar refractivity (Wildman–Crippen MR) is 78.1 cm³/mol. The molecule has 0 amide bonds. The smallest absolute Gasteiger partial charge is 0.138 e. The molecule has 0 heterocycles. The van der Waals surface area contributed by atoms with Crippen molar-refractivity contribution in [1.82, 2.24) is 0 Å². The molecular weight excluding hydrogens is 285 g/mol. The molecule has 2 N–H and O–H groups in total. The summed E-state index contributed by atoms with van der Waals surface area (Å²) in [5, 5.41) is 0.480. The van der Waals surface area contributed by atoms with Crippen molar-refractivity contribution in [3.63, 3.8) is 0 Å². The molecule has 2 rings (SSSR count). The Morgan fingerprint density at radius 1 is 1.26 bits per heavy atom. The number of halogens is 2. The van der Waals surface area contributed by atoms with E-state index < -0.39 is 0 Å². The zero-order chi connectivity index (χ0) is 13.8. The summed E-state index contributed by atoms with van der Waals surface area (Å²) < 4.78 is 19.1. The first-order valence-corrected chi connectivity index (χ1v) is 6.32. The van der Waals surface area contributed by atoms with E-state index in [2.05, 4.69) is 0 Å². The molecule has 0 aliphatic heterocycles. The lowest BCUT2D eigenvalue weighted by molar-refractivity contribution is 0.300. The summed E-state index contributed by atoms with van der Waals surface area (Å²) >= 11 is 10.8. The van der Waals surface area contributed by atoms with E-state index in [1.165, 1.54) is 12.1 Å². The van der Waals surface area contributed by atoms with Crippen LogP contribution in [-0.4, -0.2) is 4.99 Å². The first-order chi connectivity index (χ1) is 9.08. The number of hydrogen-bond acceptors (Lipinski definition) is 2. The summed E-state index contributed by atoms with van der Waals surface area (Å²) in [5.74, 6) is 0.136. The molecule has 0 aliphatic carbocycles. The second-order valence-corrected chi connectivity index (χ2v) is 4.74. The molecule has 0 saturated heterocycles. The zero-order valence-electron chi connectivity index (χ0n) is 9.90. The van der Waals surface area contributed by atoms with Crippen LogP contribution < -0.4 is 10.5 Å². The van der Waals surface area contributed by atoms with Crippen LogP contribution >= 0.6 is 23.8 Å². The van der Waals surface area contributed by atoms with Gasteiger partial charge in [0.2, 0.25) is 0 Å². The van der Waals surface area contributed by atoms with Crippen molar-refractivity contribution in [2.24, 2.45) is 5.73 Å². The fraction of sp³-hybridized carbons (Fsp3) is 0.0714. The van der Waals surface area contributed by atoms with Crippen LogP contribution in [0.25, 0.3) is 0 Å². The highest BCUT2D eigenvalue weighted by Crippen LogP contribution is 2.24. The molecule has 2 aromatic rings. The molecule has 2 aromatic carbocycles. The van der Waals surface area contributed by atoms with Crippen molar-refractivity contribution in [3.05, 3.63) is 64.4 Å². The van der Waals surface area contributed by atoms with E-state index >= 15 is 0 Å². The van der Waals surface area contributed by atoms with Crippen molar-refractivity contribution in [3.8, 4) is 5.75 Å². The number of benzene rings is 2. The monoisotopic (exact) mass is 295 g/mol. The fourth-order valence-electron chi connectivity index (χ4n) is 1.56. The van der Waals surface area contributed by atoms with Gasteiger partial charge in [-0.25, -0.2) is 4.39 Å². The Hall–Kier alpha value is -1.65. The van der Waals surface area contributed by atoms with Gasteiger partial charge in [-0.3, -0.25) is 0 Å². The molecular formula is C14H11ClFNOS. The lowest BCUT2D eigenvalue weighted by atomic mass is 10.1. The topological polar surface area (TPSA) is 35.2 Å². The van der Waals surface area contributed by atoms with Gasteiger partial charge in [-0.05, 0) is 30.3 Å². The predicted octanol–water partition coefficient (Wildman–Crippen LogP) is 3.69. The average molecular weight is 296 g/mol. The van der Waals surface area contributed by atoms with Crippen molar-refractivity contribution in [2.75, 3.05) is 0 Å². The standard InChI is InChI=1S/C14H11ClFNOS/c15-11-3-1-2-4-13(11)18-8-10-7-9(14(17)19)5-6-12(10)16/h1-7H,8H2,(H2,17,19). The van der Waals surface area contributed by atoms with Crippen LogP contribution in [0.4, 0.5) is 4.39 Å². The molecule has 0 radical (unpaired) electrons. The molecule has 19 heavy (non-hydrogen) atoms. The van der Waals surface area contributed by atoms with Gasteiger partial charge in [-0.15, -0.1) is 0 Å². The lowest BCUT2D eigenvalue weighted by Gasteiger charge is -2.09. The Morgan fingerprint density at radius 2 is 2.00 bits per heavy atom. The first kappa shape index (κ1) is 13.8. The van der Waals surface area contributed by atoms with Gasteiger partial charge >= 0.3 is 0 Å². The van der Waals surface area contributed by atoms with Crippen LogP contribution in [0.3, 0.4) is 0 Å². The van der Waals surface area contributed by atoms with Crippen LogP contribution in [0.1, 0.15) is 11.1 Å². The number of nitrogens with two attached hydrogens (primary N) is 1. The van der Waals surface area contributed by atoms with Gasteiger partial charge in [-0.1, -0.05) is 36.0 Å². The maximum absolute atomic E-state index is 13.6. The number of para-hydroxylation sites is 1. The third-order valence-corrected chi connectivity index (χ3v) is 3.10. The summed E-state index contributed by atoms with van der Waals surface area (Å²) in [5.41, 5.74) is 6.50. The van der Waals surface area contributed by atoms with Gasteiger partial charge in [-0.2, -0.15) is 0 Å². The van der Waals surface area contributed by atoms with E-state index in [9.17, 15) is 4.39 Å². The minimum absolute atomic E-state index is 0.0615. The van der Waals surface area contributed by atoms with Crippen LogP contribution in [0.2, 0.25) is 5.02 Å².